The van der Waals surface area contributed by atoms with Crippen molar-refractivity contribution in [1.82, 2.24) is 5.32 Å². The van der Waals surface area contributed by atoms with Crippen molar-refractivity contribution in [3.63, 3.8) is 0 Å². The van der Waals surface area contributed by atoms with Crippen LogP contribution in [-0.2, 0) is 4.79 Å². The van der Waals surface area contributed by atoms with E-state index in [0.717, 1.165) is 6.42 Å². The van der Waals surface area contributed by atoms with Crippen molar-refractivity contribution in [2.24, 2.45) is 5.92 Å². The molecule has 0 radical (unpaired) electrons. The zero-order chi connectivity index (χ0) is 14.3. The third-order valence-electron chi connectivity index (χ3n) is 2.52. The van der Waals surface area contributed by atoms with Gasteiger partial charge >= 0.3 is 0 Å². The Morgan fingerprint density at radius 3 is 2.84 bits per heavy atom. The number of halogens is 1. The second-order valence-corrected chi connectivity index (χ2v) is 4.60. The summed E-state index contributed by atoms with van der Waals surface area (Å²) in [5.74, 6) is -0.675. The topological polar surface area (TPSA) is 55.4 Å². The van der Waals surface area contributed by atoms with Crippen LogP contribution >= 0.6 is 0 Å². The highest BCUT2D eigenvalue weighted by molar-refractivity contribution is 5.80. The van der Waals surface area contributed by atoms with Crippen molar-refractivity contribution < 1.29 is 18.7 Å². The molecule has 0 aliphatic rings. The van der Waals surface area contributed by atoms with Gasteiger partial charge in [-0.05, 0) is 24.5 Å². The molecular formula is C14H18FNO3. The summed E-state index contributed by atoms with van der Waals surface area (Å²) in [6.45, 7) is 4.36. The first-order valence-electron chi connectivity index (χ1n) is 6.17. The van der Waals surface area contributed by atoms with Gasteiger partial charge in [0.05, 0.1) is 5.56 Å². The minimum absolute atomic E-state index is 0.0926. The van der Waals surface area contributed by atoms with E-state index < -0.39 is 5.82 Å². The highest BCUT2D eigenvalue weighted by Gasteiger charge is 2.11. The second-order valence-electron chi connectivity index (χ2n) is 4.60. The number of aldehydes is 1. The van der Waals surface area contributed by atoms with E-state index in [-0.39, 0.29) is 23.8 Å². The zero-order valence-corrected chi connectivity index (χ0v) is 11.1. The van der Waals surface area contributed by atoms with Gasteiger partial charge in [-0.25, -0.2) is 4.39 Å². The lowest BCUT2D eigenvalue weighted by molar-refractivity contribution is -0.123. The van der Waals surface area contributed by atoms with Gasteiger partial charge in [-0.15, -0.1) is 0 Å². The smallest absolute Gasteiger partial charge is 0.257 e. The molecule has 0 aliphatic heterocycles. The third kappa shape index (κ3) is 5.07. The van der Waals surface area contributed by atoms with Crippen molar-refractivity contribution in [1.29, 1.82) is 0 Å². The lowest BCUT2D eigenvalue weighted by Crippen LogP contribution is -2.30. The van der Waals surface area contributed by atoms with Gasteiger partial charge < -0.3 is 10.1 Å². The van der Waals surface area contributed by atoms with Crippen molar-refractivity contribution in [2.45, 2.75) is 20.3 Å². The fourth-order valence-electron chi connectivity index (χ4n) is 1.46. The van der Waals surface area contributed by atoms with Gasteiger partial charge in [0.15, 0.2) is 24.5 Å². The highest BCUT2D eigenvalue weighted by atomic mass is 19.1. The maximum atomic E-state index is 13.4. The van der Waals surface area contributed by atoms with E-state index in [2.05, 4.69) is 19.2 Å². The van der Waals surface area contributed by atoms with Gasteiger partial charge in [0.25, 0.3) is 5.91 Å². The van der Waals surface area contributed by atoms with Gasteiger partial charge in [-0.1, -0.05) is 19.9 Å². The quantitative estimate of drug-likeness (QED) is 0.770. The summed E-state index contributed by atoms with van der Waals surface area (Å²) >= 11 is 0. The average molecular weight is 267 g/mol. The van der Waals surface area contributed by atoms with Crippen LogP contribution in [0.25, 0.3) is 0 Å². The molecule has 0 saturated heterocycles. The predicted octanol–water partition coefficient (Wildman–Crippen LogP) is 2.18. The maximum Gasteiger partial charge on any atom is 0.257 e. The van der Waals surface area contributed by atoms with Crippen molar-refractivity contribution >= 4 is 12.2 Å². The number of rotatable bonds is 7. The Morgan fingerprint density at radius 1 is 1.47 bits per heavy atom. The Hall–Kier alpha value is -1.91. The standard InChI is InChI=1S/C14H18FNO3/c1-10(2)6-7-16-13(18)9-19-14-11(8-17)4-3-5-12(14)15/h3-5,8,10H,6-7,9H2,1-2H3,(H,16,18). The minimum atomic E-state index is -0.653. The van der Waals surface area contributed by atoms with E-state index in [1.165, 1.54) is 18.2 Å². The van der Waals surface area contributed by atoms with Crippen LogP contribution in [0.3, 0.4) is 0 Å². The number of hydrogen-bond donors (Lipinski definition) is 1. The Bertz CT molecular complexity index is 446. The number of ether oxygens (including phenoxy) is 1. The van der Waals surface area contributed by atoms with Crippen molar-refractivity contribution in [3.8, 4) is 5.75 Å². The molecule has 1 N–H and O–H groups in total. The Kier molecular flexibility index (Phi) is 5.99. The molecule has 1 amide bonds. The number of carbonyl (C=O) groups excluding carboxylic acids is 2. The summed E-state index contributed by atoms with van der Waals surface area (Å²) in [4.78, 5) is 22.2. The normalized spacial score (nSPS) is 10.3. The summed E-state index contributed by atoms with van der Waals surface area (Å²) in [7, 11) is 0. The van der Waals surface area contributed by atoms with Crippen LogP contribution in [-0.4, -0.2) is 25.3 Å². The molecule has 0 fully saturated rings. The van der Waals surface area contributed by atoms with Crippen LogP contribution in [0.15, 0.2) is 18.2 Å². The van der Waals surface area contributed by atoms with Gasteiger partial charge in [0.1, 0.15) is 0 Å². The first kappa shape index (κ1) is 15.1. The van der Waals surface area contributed by atoms with Crippen LogP contribution in [0.2, 0.25) is 0 Å². The number of nitrogens with one attached hydrogen (secondary N) is 1. The van der Waals surface area contributed by atoms with Crippen LogP contribution in [0.5, 0.6) is 5.75 Å². The van der Waals surface area contributed by atoms with Crippen LogP contribution in [0.4, 0.5) is 4.39 Å². The summed E-state index contributed by atoms with van der Waals surface area (Å²) in [6, 6.07) is 4.02. The van der Waals surface area contributed by atoms with E-state index in [0.29, 0.717) is 18.7 Å². The maximum absolute atomic E-state index is 13.4. The molecule has 0 saturated carbocycles. The molecule has 0 heterocycles. The molecule has 1 aromatic carbocycles. The van der Waals surface area contributed by atoms with Crippen molar-refractivity contribution in [2.75, 3.05) is 13.2 Å². The molecule has 1 aromatic rings. The molecular weight excluding hydrogens is 249 g/mol. The monoisotopic (exact) mass is 267 g/mol. The molecule has 5 heteroatoms. The highest BCUT2D eigenvalue weighted by Crippen LogP contribution is 2.20. The Balaban J connectivity index is 2.48. The van der Waals surface area contributed by atoms with Gasteiger partial charge in [-0.3, -0.25) is 9.59 Å². The predicted molar refractivity (Wildman–Crippen MR) is 69.7 cm³/mol. The molecule has 4 nitrogen and oxygen atoms in total. The molecule has 0 bridgehead atoms. The Morgan fingerprint density at radius 2 is 2.21 bits per heavy atom. The molecule has 0 aromatic heterocycles. The fraction of sp³-hybridized carbons (Fsp3) is 0.429. The molecule has 19 heavy (non-hydrogen) atoms. The van der Waals surface area contributed by atoms with E-state index >= 15 is 0 Å². The number of benzene rings is 1. The molecule has 0 unspecified atom stereocenters. The third-order valence-corrected chi connectivity index (χ3v) is 2.52. The summed E-state index contributed by atoms with van der Waals surface area (Å²) in [5, 5.41) is 2.67. The number of hydrogen-bond acceptors (Lipinski definition) is 3. The molecule has 0 spiro atoms. The second kappa shape index (κ2) is 7.51. The SMILES string of the molecule is CC(C)CCNC(=O)COc1c(F)cccc1C=O. The lowest BCUT2D eigenvalue weighted by Gasteiger charge is -2.10. The van der Waals surface area contributed by atoms with Crippen LogP contribution in [0, 0.1) is 11.7 Å². The lowest BCUT2D eigenvalue weighted by atomic mass is 10.1. The van der Waals surface area contributed by atoms with Gasteiger partial charge in [-0.2, -0.15) is 0 Å². The minimum Gasteiger partial charge on any atom is -0.480 e. The molecule has 0 atom stereocenters. The van der Waals surface area contributed by atoms with Crippen molar-refractivity contribution in [3.05, 3.63) is 29.6 Å². The van der Waals surface area contributed by atoms with Gasteiger partial charge in [0.2, 0.25) is 0 Å². The zero-order valence-electron chi connectivity index (χ0n) is 11.1. The molecule has 104 valence electrons. The first-order valence-corrected chi connectivity index (χ1v) is 6.17. The molecule has 1 rings (SSSR count). The van der Waals surface area contributed by atoms with E-state index in [1.807, 2.05) is 0 Å². The van der Waals surface area contributed by atoms with E-state index in [4.69, 9.17) is 4.74 Å². The first-order chi connectivity index (χ1) is 9.04. The largest absolute Gasteiger partial charge is 0.480 e. The van der Waals surface area contributed by atoms with Gasteiger partial charge in [0, 0.05) is 6.54 Å². The average Bonchev–Trinajstić information content (AvgIpc) is 2.36. The Labute approximate surface area is 112 Å². The summed E-state index contributed by atoms with van der Waals surface area (Å²) < 4.78 is 18.5. The number of carbonyl (C=O) groups is 2. The van der Waals surface area contributed by atoms with Crippen LogP contribution < -0.4 is 10.1 Å². The number of para-hydroxylation sites is 1. The fourth-order valence-corrected chi connectivity index (χ4v) is 1.46. The molecule has 0 aliphatic carbocycles. The summed E-state index contributed by atoms with van der Waals surface area (Å²) in [5.41, 5.74) is 0.0926. The number of amides is 1. The van der Waals surface area contributed by atoms with Crippen LogP contribution in [0.1, 0.15) is 30.6 Å². The van der Waals surface area contributed by atoms with E-state index in [1.54, 1.807) is 0 Å². The van der Waals surface area contributed by atoms with E-state index in [9.17, 15) is 14.0 Å². The summed E-state index contributed by atoms with van der Waals surface area (Å²) in [6.07, 6.45) is 1.36.